The molecule has 2 unspecified atom stereocenters. The van der Waals surface area contributed by atoms with Crippen molar-refractivity contribution in [3.05, 3.63) is 57.4 Å². The number of anilines is 2. The zero-order valence-corrected chi connectivity index (χ0v) is 18.1. The molecule has 5 rings (SSSR count). The first kappa shape index (κ1) is 20.4. The summed E-state index contributed by atoms with van der Waals surface area (Å²) in [4.78, 5) is 35.3. The van der Waals surface area contributed by atoms with Crippen molar-refractivity contribution in [3.63, 3.8) is 0 Å². The predicted octanol–water partition coefficient (Wildman–Crippen LogP) is 3.10. The van der Waals surface area contributed by atoms with Gasteiger partial charge in [0, 0.05) is 25.7 Å². The molecule has 1 aliphatic carbocycles. The zero-order chi connectivity index (χ0) is 22.7. The highest BCUT2D eigenvalue weighted by Gasteiger charge is 2.46. The van der Waals surface area contributed by atoms with Crippen LogP contribution < -0.4 is 15.8 Å². The third-order valence-electron chi connectivity index (χ3n) is 6.49. The molecule has 0 spiro atoms. The molecule has 1 aliphatic heterocycles. The summed E-state index contributed by atoms with van der Waals surface area (Å²) in [7, 11) is 1.75. The van der Waals surface area contributed by atoms with E-state index in [9.17, 15) is 19.1 Å². The Hall–Kier alpha value is -3.49. The number of carboxylic acid groups (broad SMARTS) is 1. The first-order valence-corrected chi connectivity index (χ1v) is 10.7. The van der Waals surface area contributed by atoms with Gasteiger partial charge in [-0.15, -0.1) is 0 Å². The molecule has 0 bridgehead atoms. The van der Waals surface area contributed by atoms with E-state index < -0.39 is 23.7 Å². The maximum absolute atomic E-state index is 13.5. The number of piperidine rings is 1. The summed E-state index contributed by atoms with van der Waals surface area (Å²) in [5.74, 6) is -0.140. The van der Waals surface area contributed by atoms with Gasteiger partial charge in [-0.25, -0.2) is 14.8 Å². The van der Waals surface area contributed by atoms with Gasteiger partial charge in [0.15, 0.2) is 5.69 Å². The van der Waals surface area contributed by atoms with Gasteiger partial charge in [-0.3, -0.25) is 9.36 Å². The van der Waals surface area contributed by atoms with Crippen LogP contribution in [0.4, 0.5) is 16.0 Å². The fourth-order valence-corrected chi connectivity index (χ4v) is 4.74. The summed E-state index contributed by atoms with van der Waals surface area (Å²) in [6, 6.07) is 5.83. The molecule has 0 radical (unpaired) electrons. The Morgan fingerprint density at radius 1 is 1.25 bits per heavy atom. The highest BCUT2D eigenvalue weighted by Crippen LogP contribution is 2.46. The maximum atomic E-state index is 13.5. The first-order chi connectivity index (χ1) is 15.2. The van der Waals surface area contributed by atoms with Crippen LogP contribution in [-0.2, 0) is 7.05 Å². The monoisotopic (exact) mass is 437 g/mol. The van der Waals surface area contributed by atoms with E-state index in [1.165, 1.54) is 12.5 Å². The Bertz CT molecular complexity index is 1310. The number of aryl methyl sites for hydroxylation is 1. The zero-order valence-electron chi connectivity index (χ0n) is 18.1. The van der Waals surface area contributed by atoms with Crippen molar-refractivity contribution in [2.75, 3.05) is 23.3 Å². The van der Waals surface area contributed by atoms with Gasteiger partial charge < -0.3 is 15.3 Å². The molecule has 3 atom stereocenters. The molecule has 32 heavy (non-hydrogen) atoms. The third-order valence-corrected chi connectivity index (χ3v) is 6.49. The largest absolute Gasteiger partial charge is 0.476 e. The van der Waals surface area contributed by atoms with Gasteiger partial charge in [-0.05, 0) is 55.9 Å². The van der Waals surface area contributed by atoms with Crippen molar-refractivity contribution >= 4 is 28.5 Å². The van der Waals surface area contributed by atoms with Crippen LogP contribution in [0.25, 0.3) is 10.9 Å². The molecule has 3 heterocycles. The van der Waals surface area contributed by atoms with Crippen LogP contribution in [0.3, 0.4) is 0 Å². The summed E-state index contributed by atoms with van der Waals surface area (Å²) in [6.07, 6.45) is 1.25. The van der Waals surface area contributed by atoms with Crippen LogP contribution in [0.2, 0.25) is 0 Å². The lowest BCUT2D eigenvalue weighted by Gasteiger charge is -2.24. The number of hydrogen-bond acceptors (Lipinski definition) is 6. The normalized spacial score (nSPS) is 20.3. The van der Waals surface area contributed by atoms with Gasteiger partial charge in [0.05, 0.1) is 22.6 Å². The number of pyridine rings is 1. The lowest BCUT2D eigenvalue weighted by atomic mass is 10.0. The van der Waals surface area contributed by atoms with Crippen molar-refractivity contribution in [2.24, 2.45) is 18.9 Å². The fourth-order valence-electron chi connectivity index (χ4n) is 4.74. The quantitative estimate of drug-likeness (QED) is 0.592. The molecule has 9 heteroatoms. The number of benzene rings is 1. The standard InChI is InChI=1S/C23H24FN5O3/c1-11-6-15(12(2)25-17-4-5-18(24)26-20(17)22(31)32)19-16(7-11)21(30)28(3)23(27-19)29-9-13-8-14(13)10-29/h4-7,12-14,25H,8-10H2,1-3H3,(H,31,32)/t12-,13?,14?/m1/s1. The minimum atomic E-state index is -1.32. The van der Waals surface area contributed by atoms with Gasteiger partial charge in [0.25, 0.3) is 5.56 Å². The second kappa shape index (κ2) is 7.29. The molecule has 2 fully saturated rings. The highest BCUT2D eigenvalue weighted by molar-refractivity contribution is 5.92. The van der Waals surface area contributed by atoms with Gasteiger partial charge >= 0.3 is 5.97 Å². The molecule has 2 aromatic heterocycles. The van der Waals surface area contributed by atoms with Crippen LogP contribution in [-0.4, -0.2) is 38.7 Å². The van der Waals surface area contributed by atoms with Gasteiger partial charge in [-0.2, -0.15) is 4.39 Å². The van der Waals surface area contributed by atoms with Crippen molar-refractivity contribution < 1.29 is 14.3 Å². The number of carboxylic acids is 1. The molecular weight excluding hydrogens is 413 g/mol. The number of hydrogen-bond donors (Lipinski definition) is 2. The molecule has 8 nitrogen and oxygen atoms in total. The number of nitrogens with one attached hydrogen (secondary N) is 1. The van der Waals surface area contributed by atoms with E-state index in [0.717, 1.165) is 30.3 Å². The number of aromatic nitrogens is 3. The Morgan fingerprint density at radius 3 is 2.66 bits per heavy atom. The second-order valence-corrected chi connectivity index (χ2v) is 8.89. The Kier molecular flexibility index (Phi) is 4.65. The SMILES string of the molecule is Cc1cc([C@@H](C)Nc2ccc(F)nc2C(=O)O)c2nc(N3CC4CC4C3)n(C)c(=O)c2c1. The maximum Gasteiger partial charge on any atom is 0.356 e. The number of fused-ring (bicyclic) bond motifs is 2. The lowest BCUT2D eigenvalue weighted by molar-refractivity contribution is 0.0690. The van der Waals surface area contributed by atoms with E-state index in [1.54, 1.807) is 11.6 Å². The summed E-state index contributed by atoms with van der Waals surface area (Å²) in [5.41, 5.74) is 1.94. The lowest BCUT2D eigenvalue weighted by Crippen LogP contribution is -2.31. The summed E-state index contributed by atoms with van der Waals surface area (Å²) >= 11 is 0. The van der Waals surface area contributed by atoms with Crippen molar-refractivity contribution in [2.45, 2.75) is 26.3 Å². The van der Waals surface area contributed by atoms with Crippen LogP contribution >= 0.6 is 0 Å². The topological polar surface area (TPSA) is 100 Å². The fraction of sp³-hybridized carbons (Fsp3) is 0.391. The molecule has 2 N–H and O–H groups in total. The highest BCUT2D eigenvalue weighted by atomic mass is 19.1. The Labute approximate surface area is 183 Å². The summed E-state index contributed by atoms with van der Waals surface area (Å²) in [6.45, 7) is 5.58. The van der Waals surface area contributed by atoms with Crippen molar-refractivity contribution in [1.29, 1.82) is 0 Å². The van der Waals surface area contributed by atoms with Gasteiger partial charge in [0.2, 0.25) is 11.9 Å². The van der Waals surface area contributed by atoms with E-state index in [4.69, 9.17) is 4.98 Å². The number of nitrogens with zero attached hydrogens (tertiary/aromatic N) is 4. The second-order valence-electron chi connectivity index (χ2n) is 8.89. The molecule has 3 aromatic rings. The molecule has 2 aliphatic rings. The Balaban J connectivity index is 1.60. The first-order valence-electron chi connectivity index (χ1n) is 10.7. The van der Waals surface area contributed by atoms with Crippen LogP contribution in [0.15, 0.2) is 29.1 Å². The number of carbonyl (C=O) groups is 1. The van der Waals surface area contributed by atoms with Gasteiger partial charge in [0.1, 0.15) is 0 Å². The van der Waals surface area contributed by atoms with Crippen molar-refractivity contribution in [3.8, 4) is 0 Å². The minimum absolute atomic E-state index is 0.114. The van der Waals surface area contributed by atoms with E-state index in [1.807, 2.05) is 26.0 Å². The van der Waals surface area contributed by atoms with Crippen LogP contribution in [0, 0.1) is 24.7 Å². The number of aromatic carboxylic acids is 1. The van der Waals surface area contributed by atoms with E-state index in [-0.39, 0.29) is 11.2 Å². The molecule has 166 valence electrons. The summed E-state index contributed by atoms with van der Waals surface area (Å²) < 4.78 is 15.1. The molecular formula is C23H24FN5O3. The van der Waals surface area contributed by atoms with Gasteiger partial charge in [-0.1, -0.05) is 6.07 Å². The smallest absolute Gasteiger partial charge is 0.356 e. The average molecular weight is 437 g/mol. The molecule has 0 amide bonds. The van der Waals surface area contributed by atoms with E-state index >= 15 is 0 Å². The number of halogens is 1. The molecule has 1 aromatic carbocycles. The summed E-state index contributed by atoms with van der Waals surface area (Å²) in [5, 5.41) is 13.0. The average Bonchev–Trinajstić information content (AvgIpc) is 3.36. The molecule has 1 saturated heterocycles. The minimum Gasteiger partial charge on any atom is -0.476 e. The molecule has 1 saturated carbocycles. The predicted molar refractivity (Wildman–Crippen MR) is 119 cm³/mol. The van der Waals surface area contributed by atoms with Crippen LogP contribution in [0.1, 0.15) is 41.0 Å². The third kappa shape index (κ3) is 3.37. The van der Waals surface area contributed by atoms with E-state index in [0.29, 0.717) is 28.7 Å². The Morgan fingerprint density at radius 2 is 1.97 bits per heavy atom. The van der Waals surface area contributed by atoms with E-state index in [2.05, 4.69) is 15.2 Å². The van der Waals surface area contributed by atoms with Crippen molar-refractivity contribution in [1.82, 2.24) is 14.5 Å². The van der Waals surface area contributed by atoms with Crippen LogP contribution in [0.5, 0.6) is 0 Å². The number of rotatable bonds is 5.